The molecule has 1 amide bonds. The number of thioether (sulfide) groups is 1. The number of rotatable bonds is 7. The first-order chi connectivity index (χ1) is 14.2. The molecular formula is C22H25N5OS. The molecule has 0 aliphatic heterocycles. The lowest BCUT2D eigenvalue weighted by Crippen LogP contribution is -2.45. The minimum Gasteiger partial charge on any atom is -0.342 e. The fourth-order valence-electron chi connectivity index (χ4n) is 3.96. The smallest absolute Gasteiger partial charge is 0.231 e. The Labute approximate surface area is 175 Å². The van der Waals surface area contributed by atoms with Crippen LogP contribution in [0.5, 0.6) is 0 Å². The van der Waals surface area contributed by atoms with E-state index in [-0.39, 0.29) is 11.7 Å². The van der Waals surface area contributed by atoms with Gasteiger partial charge in [0, 0.05) is 0 Å². The van der Waals surface area contributed by atoms with Crippen molar-refractivity contribution in [3.8, 4) is 0 Å². The standard InChI is InChI=1S/C22H25N5OS/c1-22(17-10-4-2-5-11-17,18-12-6-3-7-13-18)23-20(28)16-29-21-24-25-26-27(21)19-14-8-9-15-19/h2-7,10-13,19H,8-9,14-16H2,1H3,(H,23,28). The predicted octanol–water partition coefficient (Wildman–Crippen LogP) is 3.96. The van der Waals surface area contributed by atoms with Crippen LogP contribution in [-0.2, 0) is 10.3 Å². The van der Waals surface area contributed by atoms with E-state index >= 15 is 0 Å². The van der Waals surface area contributed by atoms with E-state index in [1.165, 1.54) is 24.6 Å². The Morgan fingerprint density at radius 2 is 1.66 bits per heavy atom. The quantitative estimate of drug-likeness (QED) is 0.600. The summed E-state index contributed by atoms with van der Waals surface area (Å²) in [7, 11) is 0. The van der Waals surface area contributed by atoms with Gasteiger partial charge in [0.15, 0.2) is 0 Å². The highest BCUT2D eigenvalue weighted by Gasteiger charge is 2.31. The van der Waals surface area contributed by atoms with Gasteiger partial charge >= 0.3 is 0 Å². The molecule has 1 aromatic heterocycles. The van der Waals surface area contributed by atoms with Gasteiger partial charge in [-0.15, -0.1) is 5.10 Å². The molecule has 7 heteroatoms. The Bertz CT molecular complexity index is 899. The number of tetrazole rings is 1. The van der Waals surface area contributed by atoms with Gasteiger partial charge in [-0.3, -0.25) is 4.79 Å². The molecule has 150 valence electrons. The Hall–Kier alpha value is -2.67. The highest BCUT2D eigenvalue weighted by molar-refractivity contribution is 7.99. The second-order valence-electron chi connectivity index (χ2n) is 7.54. The molecule has 1 saturated carbocycles. The van der Waals surface area contributed by atoms with E-state index in [1.54, 1.807) is 0 Å². The molecule has 1 N–H and O–H groups in total. The van der Waals surface area contributed by atoms with E-state index in [1.807, 2.05) is 72.3 Å². The van der Waals surface area contributed by atoms with Gasteiger partial charge in [0.1, 0.15) is 0 Å². The number of amides is 1. The van der Waals surface area contributed by atoms with Crippen LogP contribution in [-0.4, -0.2) is 31.9 Å². The zero-order chi connectivity index (χ0) is 20.1. The second kappa shape index (κ2) is 8.78. The molecule has 4 rings (SSSR count). The minimum absolute atomic E-state index is 0.0498. The van der Waals surface area contributed by atoms with Crippen molar-refractivity contribution in [1.82, 2.24) is 25.5 Å². The molecule has 0 unspecified atom stereocenters. The van der Waals surface area contributed by atoms with E-state index < -0.39 is 5.54 Å². The molecule has 0 spiro atoms. The van der Waals surface area contributed by atoms with Crippen molar-refractivity contribution in [2.75, 3.05) is 5.75 Å². The van der Waals surface area contributed by atoms with Crippen LogP contribution < -0.4 is 5.32 Å². The fourth-order valence-corrected chi connectivity index (χ4v) is 4.70. The topological polar surface area (TPSA) is 72.7 Å². The summed E-state index contributed by atoms with van der Waals surface area (Å²) < 4.78 is 1.89. The maximum Gasteiger partial charge on any atom is 0.231 e. The average Bonchev–Trinajstić information content (AvgIpc) is 3.45. The molecule has 2 aromatic carbocycles. The Balaban J connectivity index is 1.49. The zero-order valence-corrected chi connectivity index (χ0v) is 17.3. The number of carbonyl (C=O) groups excluding carboxylic acids is 1. The number of nitrogens with one attached hydrogen (secondary N) is 1. The number of benzene rings is 2. The molecule has 1 aliphatic carbocycles. The van der Waals surface area contributed by atoms with E-state index in [9.17, 15) is 4.79 Å². The molecule has 3 aromatic rings. The first-order valence-corrected chi connectivity index (χ1v) is 11.0. The highest BCUT2D eigenvalue weighted by atomic mass is 32.2. The van der Waals surface area contributed by atoms with Gasteiger partial charge in [-0.1, -0.05) is 85.3 Å². The Morgan fingerprint density at radius 1 is 1.07 bits per heavy atom. The van der Waals surface area contributed by atoms with Crippen molar-refractivity contribution in [2.45, 2.75) is 49.3 Å². The van der Waals surface area contributed by atoms with Crippen LogP contribution in [0.25, 0.3) is 0 Å². The third-order valence-corrected chi connectivity index (χ3v) is 6.49. The second-order valence-corrected chi connectivity index (χ2v) is 8.48. The lowest BCUT2D eigenvalue weighted by molar-refractivity contribution is -0.120. The van der Waals surface area contributed by atoms with Crippen LogP contribution >= 0.6 is 11.8 Å². The van der Waals surface area contributed by atoms with Gasteiger partial charge in [-0.2, -0.15) is 0 Å². The number of aromatic nitrogens is 4. The summed E-state index contributed by atoms with van der Waals surface area (Å²) in [4.78, 5) is 12.9. The largest absolute Gasteiger partial charge is 0.342 e. The fraction of sp³-hybridized carbons (Fsp3) is 0.364. The van der Waals surface area contributed by atoms with Crippen molar-refractivity contribution in [3.63, 3.8) is 0 Å². The first-order valence-electron chi connectivity index (χ1n) is 9.99. The molecule has 1 heterocycles. The summed E-state index contributed by atoms with van der Waals surface area (Å²) in [5.41, 5.74) is 1.47. The van der Waals surface area contributed by atoms with E-state index in [0.717, 1.165) is 24.0 Å². The molecule has 6 nitrogen and oxygen atoms in total. The summed E-state index contributed by atoms with van der Waals surface area (Å²) in [6.07, 6.45) is 4.62. The van der Waals surface area contributed by atoms with Gasteiger partial charge < -0.3 is 5.32 Å². The van der Waals surface area contributed by atoms with Gasteiger partial charge in [-0.25, -0.2) is 4.68 Å². The lowest BCUT2D eigenvalue weighted by atomic mass is 9.84. The lowest BCUT2D eigenvalue weighted by Gasteiger charge is -2.32. The van der Waals surface area contributed by atoms with Crippen LogP contribution in [0.2, 0.25) is 0 Å². The third kappa shape index (κ3) is 4.34. The van der Waals surface area contributed by atoms with E-state index in [0.29, 0.717) is 11.2 Å². The molecule has 1 fully saturated rings. The summed E-state index contributed by atoms with van der Waals surface area (Å²) >= 11 is 1.39. The van der Waals surface area contributed by atoms with Crippen molar-refractivity contribution < 1.29 is 4.79 Å². The van der Waals surface area contributed by atoms with Crippen LogP contribution in [0.1, 0.15) is 49.8 Å². The van der Waals surface area contributed by atoms with Crippen LogP contribution in [0.15, 0.2) is 65.8 Å². The molecule has 0 radical (unpaired) electrons. The van der Waals surface area contributed by atoms with Gasteiger partial charge in [0.05, 0.1) is 17.3 Å². The van der Waals surface area contributed by atoms with Gasteiger partial charge in [0.25, 0.3) is 0 Å². The molecule has 29 heavy (non-hydrogen) atoms. The summed E-state index contributed by atoms with van der Waals surface area (Å²) in [5, 5.41) is 16.1. The Kier molecular flexibility index (Phi) is 5.94. The molecule has 0 bridgehead atoms. The van der Waals surface area contributed by atoms with Gasteiger partial charge in [-0.05, 0) is 41.3 Å². The number of nitrogens with zero attached hydrogens (tertiary/aromatic N) is 4. The molecule has 0 saturated heterocycles. The summed E-state index contributed by atoms with van der Waals surface area (Å²) in [5.74, 6) is 0.216. The SMILES string of the molecule is CC(NC(=O)CSc1nnnn1C1CCCC1)(c1ccccc1)c1ccccc1. The van der Waals surface area contributed by atoms with Crippen LogP contribution in [0.3, 0.4) is 0 Å². The van der Waals surface area contributed by atoms with Gasteiger partial charge in [0.2, 0.25) is 11.1 Å². The molecule has 1 aliphatic rings. The summed E-state index contributed by atoms with van der Waals surface area (Å²) in [6, 6.07) is 20.5. The van der Waals surface area contributed by atoms with Crippen LogP contribution in [0.4, 0.5) is 0 Å². The highest BCUT2D eigenvalue weighted by Crippen LogP contribution is 2.32. The predicted molar refractivity (Wildman–Crippen MR) is 114 cm³/mol. The van der Waals surface area contributed by atoms with Crippen molar-refractivity contribution in [3.05, 3.63) is 71.8 Å². The van der Waals surface area contributed by atoms with Crippen LogP contribution in [0, 0.1) is 0 Å². The number of hydrogen-bond acceptors (Lipinski definition) is 5. The molecular weight excluding hydrogens is 382 g/mol. The normalized spacial score (nSPS) is 14.8. The monoisotopic (exact) mass is 407 g/mol. The maximum absolute atomic E-state index is 12.9. The van der Waals surface area contributed by atoms with Crippen molar-refractivity contribution >= 4 is 17.7 Å². The first kappa shape index (κ1) is 19.6. The maximum atomic E-state index is 12.9. The number of hydrogen-bond donors (Lipinski definition) is 1. The average molecular weight is 408 g/mol. The van der Waals surface area contributed by atoms with Crippen molar-refractivity contribution in [1.29, 1.82) is 0 Å². The van der Waals surface area contributed by atoms with E-state index in [2.05, 4.69) is 20.8 Å². The number of carbonyl (C=O) groups is 1. The van der Waals surface area contributed by atoms with E-state index in [4.69, 9.17) is 0 Å². The third-order valence-electron chi connectivity index (χ3n) is 5.56. The summed E-state index contributed by atoms with van der Waals surface area (Å²) in [6.45, 7) is 2.04. The Morgan fingerprint density at radius 3 is 2.24 bits per heavy atom. The zero-order valence-electron chi connectivity index (χ0n) is 16.5. The minimum atomic E-state index is -0.614. The molecule has 0 atom stereocenters. The van der Waals surface area contributed by atoms with Crippen molar-refractivity contribution in [2.24, 2.45) is 0 Å².